The first-order valence-electron chi connectivity index (χ1n) is 10.2. The summed E-state index contributed by atoms with van der Waals surface area (Å²) in [6.45, 7) is 11.7. The molecule has 0 aliphatic carbocycles. The van der Waals surface area contributed by atoms with Crippen molar-refractivity contribution in [3.05, 3.63) is 0 Å². The molecule has 0 saturated carbocycles. The largest absolute Gasteiger partial charge is 0.481 e. The number of quaternary nitrogens is 1. The normalized spacial score (nSPS) is 14.5. The van der Waals surface area contributed by atoms with Crippen LogP contribution in [0.3, 0.4) is 0 Å². The van der Waals surface area contributed by atoms with Crippen molar-refractivity contribution in [3.63, 3.8) is 0 Å². The minimum absolute atomic E-state index is 0.309. The minimum Gasteiger partial charge on any atom is -0.481 e. The molecule has 0 aromatic carbocycles. The third-order valence-electron chi connectivity index (χ3n) is 5.04. The Balaban J connectivity index is 4.90. The monoisotopic (exact) mass is 344 g/mol. The first kappa shape index (κ1) is 23.4. The Morgan fingerprint density at radius 3 is 1.88 bits per heavy atom. The molecule has 0 heterocycles. The number of carbonyl (C=O) groups is 1. The number of carboxylic acids is 1. The van der Waals surface area contributed by atoms with Gasteiger partial charge in [-0.25, -0.2) is 0 Å². The van der Waals surface area contributed by atoms with Gasteiger partial charge in [-0.2, -0.15) is 0 Å². The number of unbranched alkanes of at least 4 members (excludes halogenated alkanes) is 5. The molecule has 24 heavy (non-hydrogen) atoms. The summed E-state index contributed by atoms with van der Waals surface area (Å²) >= 11 is 0. The van der Waals surface area contributed by atoms with Crippen LogP contribution in [0.5, 0.6) is 0 Å². The van der Waals surface area contributed by atoms with Gasteiger partial charge in [0.25, 0.3) is 0 Å². The average Bonchev–Trinajstić information content (AvgIpc) is 2.54. The molecule has 2 unspecified atom stereocenters. The van der Waals surface area contributed by atoms with E-state index in [0.717, 1.165) is 56.1 Å². The summed E-state index contributed by atoms with van der Waals surface area (Å²) in [6.07, 6.45) is 9.65. The molecule has 0 aliphatic rings. The van der Waals surface area contributed by atoms with E-state index in [1.54, 1.807) is 6.92 Å². The van der Waals surface area contributed by atoms with Crippen LogP contribution in [0.25, 0.3) is 0 Å². The van der Waals surface area contributed by atoms with E-state index in [4.69, 9.17) is 0 Å². The fraction of sp³-hybridized carbons (Fsp3) is 0.950. The fourth-order valence-electron chi connectivity index (χ4n) is 3.54. The van der Waals surface area contributed by atoms with Crippen molar-refractivity contribution in [1.29, 1.82) is 0 Å². The topological polar surface area (TPSA) is 57.5 Å². The van der Waals surface area contributed by atoms with E-state index >= 15 is 0 Å². The highest BCUT2D eigenvalue weighted by Crippen LogP contribution is 2.19. The number of aliphatic carboxylic acids is 1. The van der Waals surface area contributed by atoms with Gasteiger partial charge in [0, 0.05) is 0 Å². The number of carboxylic acid groups (broad SMARTS) is 1. The van der Waals surface area contributed by atoms with Crippen molar-refractivity contribution in [1.82, 2.24) is 0 Å². The molecule has 0 bridgehead atoms. The number of hydrogen-bond donors (Lipinski definition) is 2. The van der Waals surface area contributed by atoms with Crippen LogP contribution in [0.2, 0.25) is 0 Å². The Bertz CT molecular complexity index is 312. The zero-order chi connectivity index (χ0) is 18.4. The third-order valence-corrected chi connectivity index (χ3v) is 5.04. The predicted octanol–water partition coefficient (Wildman–Crippen LogP) is 4.46. The van der Waals surface area contributed by atoms with Gasteiger partial charge >= 0.3 is 5.97 Å². The molecule has 0 rings (SSSR count). The Morgan fingerprint density at radius 2 is 1.42 bits per heavy atom. The van der Waals surface area contributed by atoms with Gasteiger partial charge in [0.2, 0.25) is 0 Å². The van der Waals surface area contributed by atoms with E-state index in [1.807, 2.05) is 0 Å². The second-order valence-electron chi connectivity index (χ2n) is 7.60. The van der Waals surface area contributed by atoms with Crippen LogP contribution in [0.4, 0.5) is 0 Å². The molecule has 0 fully saturated rings. The van der Waals surface area contributed by atoms with Gasteiger partial charge in [-0.1, -0.05) is 59.3 Å². The second-order valence-corrected chi connectivity index (χ2v) is 7.60. The zero-order valence-corrected chi connectivity index (χ0v) is 16.6. The highest BCUT2D eigenvalue weighted by molar-refractivity contribution is 5.69. The smallest absolute Gasteiger partial charge is 0.311 e. The van der Waals surface area contributed by atoms with Gasteiger partial charge in [0.1, 0.15) is 18.6 Å². The summed E-state index contributed by atoms with van der Waals surface area (Å²) in [5.41, 5.74) is 0. The number of aliphatic hydroxyl groups excluding tert-OH is 1. The van der Waals surface area contributed by atoms with Crippen molar-refractivity contribution in [3.8, 4) is 0 Å². The summed E-state index contributed by atoms with van der Waals surface area (Å²) in [7, 11) is 0. The van der Waals surface area contributed by atoms with Crippen molar-refractivity contribution < 1.29 is 19.5 Å². The lowest BCUT2D eigenvalue weighted by atomic mass is 10.0. The number of hydrogen-bond acceptors (Lipinski definition) is 2. The van der Waals surface area contributed by atoms with Crippen molar-refractivity contribution in [2.24, 2.45) is 5.92 Å². The zero-order valence-electron chi connectivity index (χ0n) is 16.6. The van der Waals surface area contributed by atoms with Crippen molar-refractivity contribution in [2.45, 2.75) is 91.6 Å². The molecule has 2 N–H and O–H groups in total. The van der Waals surface area contributed by atoms with E-state index in [-0.39, 0.29) is 12.0 Å². The standard InChI is InChI=1S/C20H41NO3/c1-5-8-11-12-13-19(22)17-21(14-9-6-2,15-10-7-3)16-18(4)20(23)24/h18-19,22H,5-17H2,1-4H3/p+1. The molecule has 4 heteroatoms. The van der Waals surface area contributed by atoms with Crippen LogP contribution in [-0.4, -0.2) is 52.9 Å². The highest BCUT2D eigenvalue weighted by atomic mass is 16.4. The molecule has 0 aliphatic heterocycles. The van der Waals surface area contributed by atoms with Crippen LogP contribution >= 0.6 is 0 Å². The summed E-state index contributed by atoms with van der Waals surface area (Å²) in [4.78, 5) is 11.4. The van der Waals surface area contributed by atoms with Crippen LogP contribution in [-0.2, 0) is 4.79 Å². The maximum Gasteiger partial charge on any atom is 0.311 e. The van der Waals surface area contributed by atoms with Gasteiger partial charge in [-0.05, 0) is 26.2 Å². The van der Waals surface area contributed by atoms with Crippen molar-refractivity contribution in [2.75, 3.05) is 26.2 Å². The van der Waals surface area contributed by atoms with Crippen LogP contribution < -0.4 is 0 Å². The second kappa shape index (κ2) is 13.7. The third kappa shape index (κ3) is 10.3. The number of rotatable bonds is 16. The molecular weight excluding hydrogens is 302 g/mol. The molecule has 2 atom stereocenters. The molecule has 0 spiro atoms. The maximum atomic E-state index is 11.4. The van der Waals surface area contributed by atoms with E-state index < -0.39 is 5.97 Å². The molecule has 0 radical (unpaired) electrons. The van der Waals surface area contributed by atoms with Gasteiger partial charge in [0.15, 0.2) is 0 Å². The van der Waals surface area contributed by atoms with E-state index in [1.165, 1.54) is 19.3 Å². The number of aliphatic hydroxyl groups is 1. The van der Waals surface area contributed by atoms with E-state index in [2.05, 4.69) is 20.8 Å². The molecule has 0 saturated heterocycles. The van der Waals surface area contributed by atoms with Gasteiger partial charge in [0.05, 0.1) is 19.6 Å². The lowest BCUT2D eigenvalue weighted by Gasteiger charge is -2.41. The predicted molar refractivity (Wildman–Crippen MR) is 101 cm³/mol. The molecule has 0 amide bonds. The molecular formula is C20H42NO3+. The molecule has 0 aromatic rings. The van der Waals surface area contributed by atoms with Crippen LogP contribution in [0.1, 0.15) is 85.5 Å². The van der Waals surface area contributed by atoms with Crippen LogP contribution in [0.15, 0.2) is 0 Å². The van der Waals surface area contributed by atoms with Gasteiger partial charge in [-0.15, -0.1) is 0 Å². The Morgan fingerprint density at radius 1 is 0.875 bits per heavy atom. The first-order valence-corrected chi connectivity index (χ1v) is 10.2. The summed E-state index contributed by atoms with van der Waals surface area (Å²) in [5, 5.41) is 19.9. The lowest BCUT2D eigenvalue weighted by Crippen LogP contribution is -2.56. The first-order chi connectivity index (χ1) is 11.4. The Labute approximate surface area is 149 Å². The quantitative estimate of drug-likeness (QED) is 0.321. The molecule has 0 aromatic heterocycles. The van der Waals surface area contributed by atoms with E-state index in [9.17, 15) is 15.0 Å². The Hall–Kier alpha value is -0.610. The van der Waals surface area contributed by atoms with Crippen molar-refractivity contribution >= 4 is 5.97 Å². The van der Waals surface area contributed by atoms with Crippen LogP contribution in [0, 0.1) is 5.92 Å². The number of nitrogens with zero attached hydrogens (tertiary/aromatic N) is 1. The molecule has 4 nitrogen and oxygen atoms in total. The Kier molecular flexibility index (Phi) is 13.3. The van der Waals surface area contributed by atoms with Gasteiger partial charge < -0.3 is 14.7 Å². The summed E-state index contributed by atoms with van der Waals surface area (Å²) < 4.78 is 0.768. The lowest BCUT2D eigenvalue weighted by molar-refractivity contribution is -0.933. The summed E-state index contributed by atoms with van der Waals surface area (Å²) in [5.74, 6) is -1.08. The highest BCUT2D eigenvalue weighted by Gasteiger charge is 2.33. The molecule has 144 valence electrons. The SMILES string of the molecule is CCCCCCC(O)C[N+](CCCC)(CCCC)CC(C)C(=O)O. The minimum atomic E-state index is -0.720. The van der Waals surface area contributed by atoms with E-state index in [0.29, 0.717) is 13.1 Å². The summed E-state index contributed by atoms with van der Waals surface area (Å²) in [6, 6.07) is 0. The van der Waals surface area contributed by atoms with Gasteiger partial charge in [-0.3, -0.25) is 4.79 Å². The maximum absolute atomic E-state index is 11.4. The fourth-order valence-corrected chi connectivity index (χ4v) is 3.54. The average molecular weight is 345 g/mol.